The molecule has 2 aromatic carbocycles. The summed E-state index contributed by atoms with van der Waals surface area (Å²) in [5.41, 5.74) is 4.41. The van der Waals surface area contributed by atoms with E-state index in [2.05, 4.69) is 15.0 Å². The Kier molecular flexibility index (Phi) is 4.01. The molecule has 2 heterocycles. The molecule has 0 fully saturated rings. The predicted octanol–water partition coefficient (Wildman–Crippen LogP) is 4.35. The topological polar surface area (TPSA) is 75.7 Å². The van der Waals surface area contributed by atoms with Crippen LogP contribution in [0.2, 0.25) is 5.02 Å². The zero-order valence-electron chi connectivity index (χ0n) is 13.8. The van der Waals surface area contributed by atoms with Gasteiger partial charge in [-0.3, -0.25) is 0 Å². The number of pyridine rings is 1. The lowest BCUT2D eigenvalue weighted by Crippen LogP contribution is -1.98. The number of rotatable bonds is 3. The number of nitrogens with one attached hydrogen (secondary N) is 1. The van der Waals surface area contributed by atoms with Crippen molar-refractivity contribution in [1.82, 2.24) is 15.0 Å². The van der Waals surface area contributed by atoms with E-state index in [1.54, 1.807) is 6.07 Å². The number of imidazole rings is 1. The monoisotopic (exact) mass is 383 g/mol. The van der Waals surface area contributed by atoms with Gasteiger partial charge in [-0.05, 0) is 17.2 Å². The van der Waals surface area contributed by atoms with Crippen LogP contribution in [0, 0.1) is 0 Å². The second kappa shape index (κ2) is 6.23. The Hall–Kier alpha value is -2.70. The molecule has 0 atom stereocenters. The van der Waals surface area contributed by atoms with Crippen molar-refractivity contribution in [1.29, 1.82) is 0 Å². The Morgan fingerprint density at radius 2 is 1.50 bits per heavy atom. The Bertz CT molecular complexity index is 1200. The summed E-state index contributed by atoms with van der Waals surface area (Å²) in [5.74, 6) is 0. The first-order chi connectivity index (χ1) is 12.4. The highest BCUT2D eigenvalue weighted by molar-refractivity contribution is 7.90. The maximum absolute atomic E-state index is 11.7. The number of H-pyrrole nitrogens is 1. The molecule has 0 saturated carbocycles. The fourth-order valence-corrected chi connectivity index (χ4v) is 3.53. The standard InChI is InChI=1S/C19H14ClN3O2S/c1-26(24,25)19-21-16-11-15(20)17(22-18(16)23-19)14-9-7-13(8-10-14)12-5-3-2-4-6-12/h2-11H,1H3,(H,21,22,23). The lowest BCUT2D eigenvalue weighted by molar-refractivity contribution is 0.595. The van der Waals surface area contributed by atoms with Crippen LogP contribution in [0.5, 0.6) is 0 Å². The molecule has 26 heavy (non-hydrogen) atoms. The van der Waals surface area contributed by atoms with Gasteiger partial charge in [-0.1, -0.05) is 66.2 Å². The Morgan fingerprint density at radius 1 is 0.885 bits per heavy atom. The van der Waals surface area contributed by atoms with Crippen LogP contribution < -0.4 is 0 Å². The average molecular weight is 384 g/mol. The van der Waals surface area contributed by atoms with E-state index in [-0.39, 0.29) is 5.16 Å². The molecule has 0 saturated heterocycles. The number of benzene rings is 2. The number of hydrogen-bond acceptors (Lipinski definition) is 4. The number of hydrogen-bond donors (Lipinski definition) is 1. The molecule has 5 nitrogen and oxygen atoms in total. The highest BCUT2D eigenvalue weighted by Crippen LogP contribution is 2.30. The molecule has 0 radical (unpaired) electrons. The Morgan fingerprint density at radius 3 is 2.15 bits per heavy atom. The molecule has 0 unspecified atom stereocenters. The van der Waals surface area contributed by atoms with Crippen molar-refractivity contribution in [3.63, 3.8) is 0 Å². The van der Waals surface area contributed by atoms with Crippen molar-refractivity contribution in [3.8, 4) is 22.4 Å². The third-order valence-corrected chi connectivity index (χ3v) is 5.21. The lowest BCUT2D eigenvalue weighted by Gasteiger charge is -2.06. The number of aromatic amines is 1. The minimum Gasteiger partial charge on any atom is -0.327 e. The van der Waals surface area contributed by atoms with E-state index in [4.69, 9.17) is 11.6 Å². The number of fused-ring (bicyclic) bond motifs is 1. The summed E-state index contributed by atoms with van der Waals surface area (Å²) >= 11 is 6.36. The lowest BCUT2D eigenvalue weighted by atomic mass is 10.0. The van der Waals surface area contributed by atoms with Gasteiger partial charge in [-0.2, -0.15) is 4.98 Å². The third kappa shape index (κ3) is 3.09. The average Bonchev–Trinajstić information content (AvgIpc) is 3.05. The van der Waals surface area contributed by atoms with Gasteiger partial charge in [0.25, 0.3) is 0 Å². The molecular formula is C19H14ClN3O2S. The molecule has 2 aromatic heterocycles. The molecule has 7 heteroatoms. The van der Waals surface area contributed by atoms with Crippen molar-refractivity contribution < 1.29 is 8.42 Å². The summed E-state index contributed by atoms with van der Waals surface area (Å²) in [7, 11) is -3.44. The summed E-state index contributed by atoms with van der Waals surface area (Å²) in [5, 5.41) is 0.307. The van der Waals surface area contributed by atoms with Crippen molar-refractivity contribution >= 4 is 32.6 Å². The van der Waals surface area contributed by atoms with Crippen LogP contribution in [0.3, 0.4) is 0 Å². The van der Waals surface area contributed by atoms with Crippen molar-refractivity contribution in [2.75, 3.05) is 6.26 Å². The van der Waals surface area contributed by atoms with Crippen molar-refractivity contribution in [2.45, 2.75) is 5.16 Å². The molecule has 130 valence electrons. The molecule has 4 rings (SSSR count). The number of sulfone groups is 1. The molecule has 0 spiro atoms. The van der Waals surface area contributed by atoms with Crippen LogP contribution in [-0.4, -0.2) is 29.6 Å². The quantitative estimate of drug-likeness (QED) is 0.570. The van der Waals surface area contributed by atoms with Crippen LogP contribution in [0.25, 0.3) is 33.5 Å². The maximum Gasteiger partial charge on any atom is 0.227 e. The SMILES string of the molecule is CS(=O)(=O)c1nc2nc(-c3ccc(-c4ccccc4)cc3)c(Cl)cc2[nH]1. The van der Waals surface area contributed by atoms with E-state index < -0.39 is 9.84 Å². The van der Waals surface area contributed by atoms with Gasteiger partial charge >= 0.3 is 0 Å². The van der Waals surface area contributed by atoms with Gasteiger partial charge in [0.15, 0.2) is 5.65 Å². The first-order valence-electron chi connectivity index (χ1n) is 7.84. The molecule has 1 N–H and O–H groups in total. The first kappa shape index (κ1) is 16.8. The van der Waals surface area contributed by atoms with Crippen LogP contribution in [-0.2, 0) is 9.84 Å². The zero-order chi connectivity index (χ0) is 18.3. The van der Waals surface area contributed by atoms with Gasteiger partial charge < -0.3 is 4.98 Å². The van der Waals surface area contributed by atoms with E-state index in [9.17, 15) is 8.42 Å². The molecule has 0 bridgehead atoms. The van der Waals surface area contributed by atoms with Gasteiger partial charge in [0.05, 0.1) is 16.2 Å². The van der Waals surface area contributed by atoms with Gasteiger partial charge in [-0.15, -0.1) is 0 Å². The smallest absolute Gasteiger partial charge is 0.227 e. The number of aromatic nitrogens is 3. The van der Waals surface area contributed by atoms with E-state index in [1.165, 1.54) is 0 Å². The summed E-state index contributed by atoms with van der Waals surface area (Å²) in [6.07, 6.45) is 1.09. The fraction of sp³-hybridized carbons (Fsp3) is 0.0526. The molecular weight excluding hydrogens is 370 g/mol. The largest absolute Gasteiger partial charge is 0.327 e. The second-order valence-electron chi connectivity index (χ2n) is 5.95. The predicted molar refractivity (Wildman–Crippen MR) is 103 cm³/mol. The van der Waals surface area contributed by atoms with E-state index in [0.717, 1.165) is 22.9 Å². The van der Waals surface area contributed by atoms with Gasteiger partial charge in [-0.25, -0.2) is 13.4 Å². The minimum atomic E-state index is -3.44. The Labute approximate surface area is 155 Å². The third-order valence-electron chi connectivity index (χ3n) is 4.02. The molecule has 0 aliphatic heterocycles. The van der Waals surface area contributed by atoms with Crippen molar-refractivity contribution in [3.05, 3.63) is 65.7 Å². The van der Waals surface area contributed by atoms with Gasteiger partial charge in [0.2, 0.25) is 15.0 Å². The number of halogens is 1. The van der Waals surface area contributed by atoms with Gasteiger partial charge in [0, 0.05) is 11.8 Å². The van der Waals surface area contributed by atoms with E-state index in [1.807, 2.05) is 54.6 Å². The van der Waals surface area contributed by atoms with E-state index >= 15 is 0 Å². The van der Waals surface area contributed by atoms with E-state index in [0.29, 0.717) is 21.9 Å². The summed E-state index contributed by atoms with van der Waals surface area (Å²) in [6, 6.07) is 19.6. The van der Waals surface area contributed by atoms with Crippen LogP contribution in [0.1, 0.15) is 0 Å². The molecule has 4 aromatic rings. The highest BCUT2D eigenvalue weighted by atomic mass is 35.5. The zero-order valence-corrected chi connectivity index (χ0v) is 15.3. The van der Waals surface area contributed by atoms with Gasteiger partial charge in [0.1, 0.15) is 0 Å². The van der Waals surface area contributed by atoms with Crippen LogP contribution >= 0.6 is 11.6 Å². The summed E-state index contributed by atoms with van der Waals surface area (Å²) in [6.45, 7) is 0. The highest BCUT2D eigenvalue weighted by Gasteiger charge is 2.16. The fourth-order valence-electron chi connectivity index (χ4n) is 2.72. The normalized spacial score (nSPS) is 11.8. The van der Waals surface area contributed by atoms with Crippen LogP contribution in [0.4, 0.5) is 0 Å². The maximum atomic E-state index is 11.7. The second-order valence-corrected chi connectivity index (χ2v) is 8.29. The molecule has 0 aliphatic rings. The summed E-state index contributed by atoms with van der Waals surface area (Å²) in [4.78, 5) is 11.2. The minimum absolute atomic E-state index is 0.118. The molecule has 0 amide bonds. The summed E-state index contributed by atoms with van der Waals surface area (Å²) < 4.78 is 23.3. The molecule has 0 aliphatic carbocycles. The van der Waals surface area contributed by atoms with Crippen LogP contribution in [0.15, 0.2) is 65.8 Å². The first-order valence-corrected chi connectivity index (χ1v) is 10.1. The van der Waals surface area contributed by atoms with Crippen molar-refractivity contribution in [2.24, 2.45) is 0 Å². The Balaban J connectivity index is 1.77. The number of nitrogens with zero attached hydrogens (tertiary/aromatic N) is 2.